The van der Waals surface area contributed by atoms with Gasteiger partial charge in [-0.2, -0.15) is 10.1 Å². The zero-order valence-corrected chi connectivity index (χ0v) is 11.7. The molecule has 18 heavy (non-hydrogen) atoms. The Balaban J connectivity index is 1.80. The molecule has 0 saturated heterocycles. The van der Waals surface area contributed by atoms with E-state index < -0.39 is 0 Å². The van der Waals surface area contributed by atoms with Crippen molar-refractivity contribution in [3.8, 4) is 0 Å². The fraction of sp³-hybridized carbons (Fsp3) is 0.364. The van der Waals surface area contributed by atoms with E-state index >= 15 is 0 Å². The minimum absolute atomic E-state index is 0.449. The molecule has 2 aromatic heterocycles. The largest absolute Gasteiger partial charge is 0.383 e. The number of rotatable bonds is 5. The molecule has 0 unspecified atom stereocenters. The molecular formula is C11H15BrN6. The first-order valence-corrected chi connectivity index (χ1v) is 6.47. The lowest BCUT2D eigenvalue weighted by Gasteiger charge is -2.05. The number of aromatic nitrogens is 4. The van der Waals surface area contributed by atoms with Crippen molar-refractivity contribution in [2.24, 2.45) is 0 Å². The number of anilines is 2. The molecule has 0 bridgehead atoms. The van der Waals surface area contributed by atoms with Crippen LogP contribution in [0.3, 0.4) is 0 Å². The van der Waals surface area contributed by atoms with Crippen LogP contribution in [-0.4, -0.2) is 26.7 Å². The molecular weight excluding hydrogens is 296 g/mol. The zero-order chi connectivity index (χ0) is 13.0. The minimum atomic E-state index is 0.449. The first kappa shape index (κ1) is 12.8. The number of hydrogen-bond donors (Lipinski definition) is 3. The predicted octanol–water partition coefficient (Wildman–Crippen LogP) is 1.90. The van der Waals surface area contributed by atoms with E-state index in [-0.39, 0.29) is 0 Å². The summed E-state index contributed by atoms with van der Waals surface area (Å²) in [6.45, 7) is 2.81. The molecule has 0 atom stereocenters. The SMILES string of the molecule is Cc1[nH]ncc1CCCNc1nc(N)cc(Br)n1. The summed E-state index contributed by atoms with van der Waals surface area (Å²) >= 11 is 3.28. The number of aromatic amines is 1. The number of halogens is 1. The summed E-state index contributed by atoms with van der Waals surface area (Å²) in [6, 6.07) is 1.67. The summed E-state index contributed by atoms with van der Waals surface area (Å²) in [7, 11) is 0. The van der Waals surface area contributed by atoms with E-state index in [0.717, 1.165) is 25.1 Å². The summed E-state index contributed by atoms with van der Waals surface area (Å²) in [4.78, 5) is 8.28. The molecule has 96 valence electrons. The summed E-state index contributed by atoms with van der Waals surface area (Å²) < 4.78 is 0.683. The van der Waals surface area contributed by atoms with Gasteiger partial charge in [-0.3, -0.25) is 5.10 Å². The Hall–Kier alpha value is -1.63. The van der Waals surface area contributed by atoms with E-state index in [2.05, 4.69) is 41.4 Å². The molecule has 4 N–H and O–H groups in total. The van der Waals surface area contributed by atoms with Crippen molar-refractivity contribution in [2.45, 2.75) is 19.8 Å². The van der Waals surface area contributed by atoms with E-state index in [0.29, 0.717) is 16.4 Å². The predicted molar refractivity (Wildman–Crippen MR) is 74.3 cm³/mol. The van der Waals surface area contributed by atoms with Crippen LogP contribution in [0.1, 0.15) is 17.7 Å². The van der Waals surface area contributed by atoms with Crippen molar-refractivity contribution in [3.05, 3.63) is 28.1 Å². The van der Waals surface area contributed by atoms with Gasteiger partial charge in [-0.1, -0.05) is 0 Å². The third-order valence-electron chi connectivity index (χ3n) is 2.56. The van der Waals surface area contributed by atoms with E-state index in [1.165, 1.54) is 5.56 Å². The summed E-state index contributed by atoms with van der Waals surface area (Å²) in [5.74, 6) is 0.996. The number of nitrogens with two attached hydrogens (primary N) is 1. The van der Waals surface area contributed by atoms with Gasteiger partial charge in [0.05, 0.1) is 6.20 Å². The quantitative estimate of drug-likeness (QED) is 0.579. The van der Waals surface area contributed by atoms with Gasteiger partial charge in [0.1, 0.15) is 10.4 Å². The van der Waals surface area contributed by atoms with Crippen molar-refractivity contribution < 1.29 is 0 Å². The molecule has 0 aliphatic carbocycles. The van der Waals surface area contributed by atoms with Crippen LogP contribution in [0.4, 0.5) is 11.8 Å². The highest BCUT2D eigenvalue weighted by atomic mass is 79.9. The molecule has 0 saturated carbocycles. The van der Waals surface area contributed by atoms with Gasteiger partial charge in [0.25, 0.3) is 0 Å². The van der Waals surface area contributed by atoms with Gasteiger partial charge < -0.3 is 11.1 Å². The zero-order valence-electron chi connectivity index (χ0n) is 10.1. The van der Waals surface area contributed by atoms with Gasteiger partial charge in [0.15, 0.2) is 0 Å². The van der Waals surface area contributed by atoms with Crippen LogP contribution in [0.2, 0.25) is 0 Å². The van der Waals surface area contributed by atoms with Gasteiger partial charge in [0.2, 0.25) is 5.95 Å². The van der Waals surface area contributed by atoms with E-state index in [1.807, 2.05) is 13.1 Å². The standard InChI is InChI=1S/C11H15BrN6/c1-7-8(6-15-18-7)3-2-4-14-11-16-9(12)5-10(13)17-11/h5-6H,2-4H2,1H3,(H,15,18)(H3,13,14,16,17). The highest BCUT2D eigenvalue weighted by molar-refractivity contribution is 9.10. The Labute approximate surface area is 114 Å². The van der Waals surface area contributed by atoms with Gasteiger partial charge >= 0.3 is 0 Å². The minimum Gasteiger partial charge on any atom is -0.383 e. The van der Waals surface area contributed by atoms with Crippen molar-refractivity contribution >= 4 is 27.7 Å². The molecule has 0 aromatic carbocycles. The third kappa shape index (κ3) is 3.43. The van der Waals surface area contributed by atoms with Crippen LogP contribution in [0.5, 0.6) is 0 Å². The second-order valence-electron chi connectivity index (χ2n) is 3.99. The number of nitrogens with one attached hydrogen (secondary N) is 2. The maximum absolute atomic E-state index is 5.63. The van der Waals surface area contributed by atoms with Crippen LogP contribution in [0.25, 0.3) is 0 Å². The van der Waals surface area contributed by atoms with Crippen molar-refractivity contribution in [2.75, 3.05) is 17.6 Å². The highest BCUT2D eigenvalue weighted by Crippen LogP contribution is 2.12. The lowest BCUT2D eigenvalue weighted by atomic mass is 10.1. The van der Waals surface area contributed by atoms with Crippen molar-refractivity contribution in [3.63, 3.8) is 0 Å². The molecule has 0 fully saturated rings. The molecule has 0 aliphatic rings. The van der Waals surface area contributed by atoms with E-state index in [1.54, 1.807) is 6.07 Å². The first-order chi connectivity index (χ1) is 8.65. The Morgan fingerprint density at radius 3 is 2.94 bits per heavy atom. The second-order valence-corrected chi connectivity index (χ2v) is 4.80. The molecule has 0 aliphatic heterocycles. The average Bonchev–Trinajstić information content (AvgIpc) is 2.69. The Kier molecular flexibility index (Phi) is 4.14. The Morgan fingerprint density at radius 1 is 1.44 bits per heavy atom. The van der Waals surface area contributed by atoms with Crippen LogP contribution < -0.4 is 11.1 Å². The Bertz CT molecular complexity index is 504. The normalized spacial score (nSPS) is 10.6. The van der Waals surface area contributed by atoms with Crippen LogP contribution >= 0.6 is 15.9 Å². The van der Waals surface area contributed by atoms with Crippen LogP contribution in [0.15, 0.2) is 16.9 Å². The van der Waals surface area contributed by atoms with Crippen molar-refractivity contribution in [1.29, 1.82) is 0 Å². The monoisotopic (exact) mass is 310 g/mol. The molecule has 0 radical (unpaired) electrons. The lowest BCUT2D eigenvalue weighted by molar-refractivity contribution is 0.847. The topological polar surface area (TPSA) is 92.5 Å². The van der Waals surface area contributed by atoms with Gasteiger partial charge in [-0.05, 0) is 41.3 Å². The second kappa shape index (κ2) is 5.81. The van der Waals surface area contributed by atoms with E-state index in [4.69, 9.17) is 5.73 Å². The van der Waals surface area contributed by atoms with Crippen molar-refractivity contribution in [1.82, 2.24) is 20.2 Å². The molecule has 7 heteroatoms. The number of aryl methyl sites for hydroxylation is 2. The molecule has 2 rings (SSSR count). The highest BCUT2D eigenvalue weighted by Gasteiger charge is 2.02. The maximum Gasteiger partial charge on any atom is 0.225 e. The summed E-state index contributed by atoms with van der Waals surface area (Å²) in [5, 5.41) is 10.1. The molecule has 2 heterocycles. The van der Waals surface area contributed by atoms with Gasteiger partial charge in [0, 0.05) is 18.3 Å². The summed E-state index contributed by atoms with van der Waals surface area (Å²) in [6.07, 6.45) is 3.82. The average molecular weight is 311 g/mol. The van der Waals surface area contributed by atoms with E-state index in [9.17, 15) is 0 Å². The number of hydrogen-bond acceptors (Lipinski definition) is 5. The Morgan fingerprint density at radius 2 is 2.28 bits per heavy atom. The van der Waals surface area contributed by atoms with Crippen LogP contribution in [0, 0.1) is 6.92 Å². The fourth-order valence-corrected chi connectivity index (χ4v) is 2.02. The molecule has 6 nitrogen and oxygen atoms in total. The smallest absolute Gasteiger partial charge is 0.225 e. The molecule has 0 amide bonds. The van der Waals surface area contributed by atoms with Gasteiger partial charge in [-0.25, -0.2) is 4.98 Å². The fourth-order valence-electron chi connectivity index (χ4n) is 1.62. The van der Waals surface area contributed by atoms with Gasteiger partial charge in [-0.15, -0.1) is 0 Å². The number of nitrogens with zero attached hydrogens (tertiary/aromatic N) is 3. The summed E-state index contributed by atoms with van der Waals surface area (Å²) in [5.41, 5.74) is 7.99. The van der Waals surface area contributed by atoms with Crippen LogP contribution in [-0.2, 0) is 6.42 Å². The molecule has 0 spiro atoms. The third-order valence-corrected chi connectivity index (χ3v) is 2.96. The molecule has 2 aromatic rings. The maximum atomic E-state index is 5.63. The first-order valence-electron chi connectivity index (χ1n) is 5.68. The lowest BCUT2D eigenvalue weighted by Crippen LogP contribution is -2.07. The number of H-pyrrole nitrogens is 1. The number of nitrogen functional groups attached to an aromatic ring is 1.